The summed E-state index contributed by atoms with van der Waals surface area (Å²) in [5, 5.41) is 16.1. The maximum Gasteiger partial charge on any atom is 0.350 e. The zero-order chi connectivity index (χ0) is 15.5. The molecule has 0 aliphatic rings. The fraction of sp³-hybridized carbons (Fsp3) is 0.250. The number of methoxy groups -OCH3 is 1. The molecule has 10 heteroatoms. The number of aromatic nitrogens is 5. The van der Waals surface area contributed by atoms with Gasteiger partial charge in [0.05, 0.1) is 18.5 Å². The Morgan fingerprint density at radius 1 is 1.55 bits per heavy atom. The molecule has 3 heterocycles. The first-order valence-corrected chi connectivity index (χ1v) is 8.01. The van der Waals surface area contributed by atoms with Gasteiger partial charge in [0, 0.05) is 18.2 Å². The van der Waals surface area contributed by atoms with Gasteiger partial charge in [0.25, 0.3) is 0 Å². The average Bonchev–Trinajstić information content (AvgIpc) is 3.12. The molecule has 0 aliphatic heterocycles. The first-order valence-electron chi connectivity index (χ1n) is 6.14. The summed E-state index contributed by atoms with van der Waals surface area (Å²) in [5.41, 5.74) is 0.988. The lowest BCUT2D eigenvalue weighted by Gasteiger charge is -1.99. The van der Waals surface area contributed by atoms with Crippen molar-refractivity contribution in [2.24, 2.45) is 0 Å². The summed E-state index contributed by atoms with van der Waals surface area (Å²) in [6, 6.07) is 1.96. The van der Waals surface area contributed by atoms with Gasteiger partial charge in [-0.1, -0.05) is 11.8 Å². The number of thiazole rings is 1. The Morgan fingerprint density at radius 2 is 2.41 bits per heavy atom. The van der Waals surface area contributed by atoms with Crippen LogP contribution in [0, 0.1) is 11.3 Å². The second-order valence-electron chi connectivity index (χ2n) is 4.21. The third-order valence-electron chi connectivity index (χ3n) is 2.70. The topological polar surface area (TPSA) is 109 Å². The van der Waals surface area contributed by atoms with Gasteiger partial charge in [0.1, 0.15) is 16.6 Å². The molecule has 0 radical (unpaired) electrons. The van der Waals surface area contributed by atoms with Crippen molar-refractivity contribution >= 4 is 28.7 Å². The van der Waals surface area contributed by atoms with Crippen molar-refractivity contribution in [3.8, 4) is 6.07 Å². The van der Waals surface area contributed by atoms with Crippen molar-refractivity contribution in [3.05, 3.63) is 38.3 Å². The van der Waals surface area contributed by atoms with E-state index in [1.807, 2.05) is 11.4 Å². The summed E-state index contributed by atoms with van der Waals surface area (Å²) < 4.78 is 6.10. The average molecular weight is 334 g/mol. The molecular formula is C12H10N6O2S2. The van der Waals surface area contributed by atoms with Crippen molar-refractivity contribution in [1.29, 1.82) is 5.26 Å². The Morgan fingerprint density at radius 3 is 3.18 bits per heavy atom. The normalized spacial score (nSPS) is 10.9. The lowest BCUT2D eigenvalue weighted by Crippen LogP contribution is -2.19. The maximum atomic E-state index is 11.9. The predicted molar refractivity (Wildman–Crippen MR) is 80.7 cm³/mol. The van der Waals surface area contributed by atoms with E-state index in [-0.39, 0.29) is 11.2 Å². The summed E-state index contributed by atoms with van der Waals surface area (Å²) in [6.45, 7) is 0.484. The summed E-state index contributed by atoms with van der Waals surface area (Å²) in [5.74, 6) is 0.565. The highest BCUT2D eigenvalue weighted by Gasteiger charge is 2.11. The standard InChI is InChI=1S/C12H10N6O2S2/c1-20-4-9-15-8(5-21-9)6-22-11-16-10-7(2-13)3-14-18(10)12(19)17-11/h3,5H,4,6H2,1H3,(H,16,17,19). The number of hydrogen-bond donors (Lipinski definition) is 1. The van der Waals surface area contributed by atoms with E-state index < -0.39 is 5.69 Å². The molecule has 0 amide bonds. The van der Waals surface area contributed by atoms with Crippen LogP contribution < -0.4 is 5.69 Å². The molecular weight excluding hydrogens is 324 g/mol. The van der Waals surface area contributed by atoms with Gasteiger partial charge in [-0.25, -0.2) is 14.8 Å². The van der Waals surface area contributed by atoms with Crippen molar-refractivity contribution in [2.75, 3.05) is 7.11 Å². The van der Waals surface area contributed by atoms with E-state index in [1.54, 1.807) is 7.11 Å². The molecule has 3 rings (SSSR count). The van der Waals surface area contributed by atoms with E-state index in [0.29, 0.717) is 17.5 Å². The van der Waals surface area contributed by atoms with Crippen LogP contribution in [0.4, 0.5) is 0 Å². The number of nitriles is 1. The quantitative estimate of drug-likeness (QED) is 0.698. The predicted octanol–water partition coefficient (Wildman–Crippen LogP) is 1.18. The number of thioether (sulfide) groups is 1. The highest BCUT2D eigenvalue weighted by atomic mass is 32.2. The Labute approximate surface area is 132 Å². The Kier molecular flexibility index (Phi) is 4.19. The minimum Gasteiger partial charge on any atom is -0.378 e. The van der Waals surface area contributed by atoms with E-state index in [1.165, 1.54) is 29.3 Å². The molecule has 3 aromatic heterocycles. The molecule has 0 aliphatic carbocycles. The molecule has 8 nitrogen and oxygen atoms in total. The molecule has 0 unspecified atom stereocenters. The zero-order valence-electron chi connectivity index (χ0n) is 11.4. The van der Waals surface area contributed by atoms with Crippen molar-refractivity contribution in [2.45, 2.75) is 17.5 Å². The number of ether oxygens (including phenoxy) is 1. The summed E-state index contributed by atoms with van der Waals surface area (Å²) in [4.78, 5) is 23.2. The van der Waals surface area contributed by atoms with E-state index in [0.717, 1.165) is 15.2 Å². The third-order valence-corrected chi connectivity index (χ3v) is 4.48. The fourth-order valence-corrected chi connectivity index (χ4v) is 3.37. The van der Waals surface area contributed by atoms with Gasteiger partial charge in [0.2, 0.25) is 0 Å². The zero-order valence-corrected chi connectivity index (χ0v) is 13.1. The Hall–Kier alpha value is -2.22. The van der Waals surface area contributed by atoms with Crippen LogP contribution in [0.1, 0.15) is 16.3 Å². The lowest BCUT2D eigenvalue weighted by molar-refractivity contribution is 0.184. The number of fused-ring (bicyclic) bond motifs is 1. The first kappa shape index (κ1) is 14.7. The van der Waals surface area contributed by atoms with Gasteiger partial charge in [-0.3, -0.25) is 4.98 Å². The minimum absolute atomic E-state index is 0.257. The summed E-state index contributed by atoms with van der Waals surface area (Å²) in [6.07, 6.45) is 1.32. The number of H-pyrrole nitrogens is 1. The smallest absolute Gasteiger partial charge is 0.350 e. The van der Waals surface area contributed by atoms with Crippen molar-refractivity contribution < 1.29 is 4.74 Å². The molecule has 0 saturated carbocycles. The maximum absolute atomic E-state index is 11.9. The van der Waals surface area contributed by atoms with Gasteiger partial charge in [0.15, 0.2) is 10.8 Å². The molecule has 0 fully saturated rings. The monoisotopic (exact) mass is 334 g/mol. The second kappa shape index (κ2) is 6.27. The van der Waals surface area contributed by atoms with E-state index >= 15 is 0 Å². The van der Waals surface area contributed by atoms with Gasteiger partial charge >= 0.3 is 5.69 Å². The Bertz CT molecular complexity index is 906. The van der Waals surface area contributed by atoms with Gasteiger partial charge in [-0.05, 0) is 0 Å². The number of aromatic amines is 1. The number of nitrogens with zero attached hydrogens (tertiary/aromatic N) is 5. The number of rotatable bonds is 5. The van der Waals surface area contributed by atoms with Crippen LogP contribution in [0.5, 0.6) is 0 Å². The lowest BCUT2D eigenvalue weighted by atomic mass is 10.4. The molecule has 0 aromatic carbocycles. The molecule has 0 saturated heterocycles. The van der Waals surface area contributed by atoms with E-state index in [4.69, 9.17) is 10.00 Å². The van der Waals surface area contributed by atoms with Crippen molar-refractivity contribution in [1.82, 2.24) is 24.6 Å². The van der Waals surface area contributed by atoms with Crippen LogP contribution in [0.25, 0.3) is 5.65 Å². The molecule has 0 bridgehead atoms. The van der Waals surface area contributed by atoms with Crippen LogP contribution in [0.3, 0.4) is 0 Å². The van der Waals surface area contributed by atoms with Crippen LogP contribution in [0.2, 0.25) is 0 Å². The van der Waals surface area contributed by atoms with Gasteiger partial charge in [-0.2, -0.15) is 14.9 Å². The van der Waals surface area contributed by atoms with Crippen LogP contribution >= 0.6 is 23.1 Å². The third kappa shape index (κ3) is 2.87. The first-order chi connectivity index (χ1) is 10.7. The molecule has 22 heavy (non-hydrogen) atoms. The van der Waals surface area contributed by atoms with Crippen LogP contribution in [0.15, 0.2) is 21.5 Å². The van der Waals surface area contributed by atoms with Crippen LogP contribution in [-0.4, -0.2) is 31.7 Å². The Balaban J connectivity index is 1.81. The van der Waals surface area contributed by atoms with Gasteiger partial charge < -0.3 is 4.74 Å². The summed E-state index contributed by atoms with van der Waals surface area (Å²) >= 11 is 2.87. The molecule has 0 atom stereocenters. The molecule has 0 spiro atoms. The van der Waals surface area contributed by atoms with Gasteiger partial charge in [-0.15, -0.1) is 11.3 Å². The van der Waals surface area contributed by atoms with E-state index in [9.17, 15) is 4.79 Å². The molecule has 112 valence electrons. The highest BCUT2D eigenvalue weighted by Crippen LogP contribution is 2.21. The fourth-order valence-electron chi connectivity index (χ4n) is 1.76. The van der Waals surface area contributed by atoms with Crippen LogP contribution in [-0.2, 0) is 17.1 Å². The molecule has 3 aromatic rings. The highest BCUT2D eigenvalue weighted by molar-refractivity contribution is 7.98. The minimum atomic E-state index is -0.424. The number of hydrogen-bond acceptors (Lipinski definition) is 8. The SMILES string of the molecule is COCc1nc(CSc2nc3c(C#N)cnn3c(=O)[nH]2)cs1. The molecule has 1 N–H and O–H groups in total. The number of nitrogens with one attached hydrogen (secondary N) is 1. The second-order valence-corrected chi connectivity index (χ2v) is 6.11. The summed E-state index contributed by atoms with van der Waals surface area (Å²) in [7, 11) is 1.62. The van der Waals surface area contributed by atoms with Crippen molar-refractivity contribution in [3.63, 3.8) is 0 Å². The largest absolute Gasteiger partial charge is 0.378 e. The van der Waals surface area contributed by atoms with E-state index in [2.05, 4.69) is 20.1 Å².